The van der Waals surface area contributed by atoms with Gasteiger partial charge in [0.15, 0.2) is 5.96 Å². The van der Waals surface area contributed by atoms with E-state index < -0.39 is 12.1 Å². The average Bonchev–Trinajstić information content (AvgIpc) is 2.92. The molecule has 0 atom stereocenters. The Balaban J connectivity index is 0.00000312. The minimum absolute atomic E-state index is 0. The molecule has 0 unspecified atom stereocenters. The van der Waals surface area contributed by atoms with Gasteiger partial charge in [0.1, 0.15) is 0 Å². The number of hydrogen-bond donors (Lipinski definition) is 2. The quantitative estimate of drug-likeness (QED) is 0.368. The van der Waals surface area contributed by atoms with Gasteiger partial charge in [-0.3, -0.25) is 4.99 Å². The molecule has 1 heterocycles. The zero-order valence-corrected chi connectivity index (χ0v) is 17.7. The van der Waals surface area contributed by atoms with E-state index in [1.54, 1.807) is 11.3 Å². The van der Waals surface area contributed by atoms with Crippen molar-refractivity contribution in [3.63, 3.8) is 0 Å². The lowest BCUT2D eigenvalue weighted by molar-refractivity contribution is -0.182. The number of rotatable bonds is 5. The lowest BCUT2D eigenvalue weighted by Gasteiger charge is -2.31. The Labute approximate surface area is 168 Å². The smallest absolute Gasteiger partial charge is 0.357 e. The van der Waals surface area contributed by atoms with Crippen molar-refractivity contribution in [2.75, 3.05) is 13.1 Å². The zero-order chi connectivity index (χ0) is 17.6. The van der Waals surface area contributed by atoms with Crippen LogP contribution in [0.1, 0.15) is 42.5 Å². The van der Waals surface area contributed by atoms with Crippen LogP contribution in [0.15, 0.2) is 11.2 Å². The maximum atomic E-state index is 12.7. The highest BCUT2D eigenvalue weighted by Gasteiger charge is 2.41. The fourth-order valence-corrected chi connectivity index (χ4v) is 3.63. The van der Waals surface area contributed by atoms with E-state index in [9.17, 15) is 13.2 Å². The van der Waals surface area contributed by atoms with Gasteiger partial charge in [-0.1, -0.05) is 0 Å². The SMILES string of the molecule is CCNC(=NCCc1ncc(C)s1)NC1CCC(C(F)(F)F)CC1.I. The van der Waals surface area contributed by atoms with Crippen LogP contribution in [0.25, 0.3) is 0 Å². The van der Waals surface area contributed by atoms with Crippen LogP contribution in [-0.4, -0.2) is 36.3 Å². The summed E-state index contributed by atoms with van der Waals surface area (Å²) in [5, 5.41) is 7.49. The zero-order valence-electron chi connectivity index (χ0n) is 14.5. The van der Waals surface area contributed by atoms with Crippen molar-refractivity contribution in [1.82, 2.24) is 15.6 Å². The summed E-state index contributed by atoms with van der Waals surface area (Å²) >= 11 is 1.66. The fraction of sp³-hybridized carbons (Fsp3) is 0.750. The van der Waals surface area contributed by atoms with Crippen molar-refractivity contribution in [2.45, 2.75) is 58.2 Å². The third kappa shape index (κ3) is 7.67. The summed E-state index contributed by atoms with van der Waals surface area (Å²) in [7, 11) is 0. The van der Waals surface area contributed by atoms with Crippen molar-refractivity contribution in [2.24, 2.45) is 10.9 Å². The van der Waals surface area contributed by atoms with Gasteiger partial charge >= 0.3 is 6.18 Å². The molecule has 2 rings (SSSR count). The minimum atomic E-state index is -4.06. The number of thiazole rings is 1. The molecule has 1 aliphatic rings. The topological polar surface area (TPSA) is 49.3 Å². The van der Waals surface area contributed by atoms with Crippen molar-refractivity contribution in [3.8, 4) is 0 Å². The normalized spacial score (nSPS) is 21.6. The molecule has 25 heavy (non-hydrogen) atoms. The number of aromatic nitrogens is 1. The molecule has 1 saturated carbocycles. The lowest BCUT2D eigenvalue weighted by atomic mass is 9.85. The average molecular weight is 490 g/mol. The number of hydrogen-bond acceptors (Lipinski definition) is 3. The molecule has 1 aromatic heterocycles. The van der Waals surface area contributed by atoms with E-state index >= 15 is 0 Å². The summed E-state index contributed by atoms with van der Waals surface area (Å²) in [6, 6.07) is 0.0588. The number of halogens is 4. The predicted octanol–water partition coefficient (Wildman–Crippen LogP) is 4.29. The first-order chi connectivity index (χ1) is 11.4. The Morgan fingerprint density at radius 3 is 2.52 bits per heavy atom. The van der Waals surface area contributed by atoms with E-state index in [4.69, 9.17) is 0 Å². The fourth-order valence-electron chi connectivity index (χ4n) is 2.86. The molecule has 1 aliphatic carbocycles. The number of nitrogens with zero attached hydrogens (tertiary/aromatic N) is 2. The summed E-state index contributed by atoms with van der Waals surface area (Å²) in [4.78, 5) is 10.0. The summed E-state index contributed by atoms with van der Waals surface area (Å²) < 4.78 is 38.2. The van der Waals surface area contributed by atoms with E-state index in [0.29, 0.717) is 25.3 Å². The van der Waals surface area contributed by atoms with Gasteiger partial charge in [-0.15, -0.1) is 35.3 Å². The Morgan fingerprint density at radius 2 is 2.00 bits per heavy atom. The first kappa shape index (κ1) is 22.5. The first-order valence-corrected chi connectivity index (χ1v) is 9.23. The summed E-state index contributed by atoms with van der Waals surface area (Å²) in [5.74, 6) is -0.468. The summed E-state index contributed by atoms with van der Waals surface area (Å²) in [5.41, 5.74) is 0. The van der Waals surface area contributed by atoms with Crippen LogP contribution in [0, 0.1) is 12.8 Å². The predicted molar refractivity (Wildman–Crippen MR) is 107 cm³/mol. The maximum Gasteiger partial charge on any atom is 0.391 e. The third-order valence-electron chi connectivity index (χ3n) is 4.14. The van der Waals surface area contributed by atoms with Gasteiger partial charge in [0.2, 0.25) is 0 Å². The molecule has 9 heteroatoms. The van der Waals surface area contributed by atoms with Crippen molar-refractivity contribution < 1.29 is 13.2 Å². The van der Waals surface area contributed by atoms with E-state index in [1.807, 2.05) is 20.0 Å². The minimum Gasteiger partial charge on any atom is -0.357 e. The number of aliphatic imine (C=N–C) groups is 1. The molecule has 0 amide bonds. The third-order valence-corrected chi connectivity index (χ3v) is 5.11. The Bertz CT molecular complexity index is 540. The summed E-state index contributed by atoms with van der Waals surface area (Å²) in [6.07, 6.45) is 0.00994. The molecule has 4 nitrogen and oxygen atoms in total. The van der Waals surface area contributed by atoms with E-state index in [1.165, 1.54) is 4.88 Å². The second kappa shape index (κ2) is 10.5. The number of nitrogens with one attached hydrogen (secondary N) is 2. The maximum absolute atomic E-state index is 12.7. The highest BCUT2D eigenvalue weighted by molar-refractivity contribution is 14.0. The molecule has 1 fully saturated rings. The van der Waals surface area contributed by atoms with Gasteiger partial charge in [0.05, 0.1) is 10.9 Å². The molecule has 0 saturated heterocycles. The number of alkyl halides is 3. The van der Waals surface area contributed by atoms with Gasteiger partial charge in [0, 0.05) is 36.6 Å². The molecule has 1 aromatic rings. The largest absolute Gasteiger partial charge is 0.391 e. The molecule has 0 bridgehead atoms. The van der Waals surface area contributed by atoms with Crippen LogP contribution >= 0.6 is 35.3 Å². The van der Waals surface area contributed by atoms with E-state index in [-0.39, 0.29) is 42.9 Å². The van der Waals surface area contributed by atoms with Gasteiger partial charge in [-0.2, -0.15) is 13.2 Å². The Morgan fingerprint density at radius 1 is 1.32 bits per heavy atom. The van der Waals surface area contributed by atoms with Crippen LogP contribution in [0.2, 0.25) is 0 Å². The molecular weight excluding hydrogens is 464 g/mol. The highest BCUT2D eigenvalue weighted by Crippen LogP contribution is 2.37. The van der Waals surface area contributed by atoms with Crippen molar-refractivity contribution in [3.05, 3.63) is 16.1 Å². The molecule has 0 radical (unpaired) electrons. The van der Waals surface area contributed by atoms with Gasteiger partial charge in [-0.25, -0.2) is 4.98 Å². The van der Waals surface area contributed by atoms with Crippen LogP contribution in [-0.2, 0) is 6.42 Å². The molecular formula is C16H26F3IN4S. The molecule has 0 aliphatic heterocycles. The molecule has 144 valence electrons. The van der Waals surface area contributed by atoms with Crippen LogP contribution < -0.4 is 10.6 Å². The van der Waals surface area contributed by atoms with Gasteiger partial charge < -0.3 is 10.6 Å². The van der Waals surface area contributed by atoms with Crippen LogP contribution in [0.3, 0.4) is 0 Å². The monoisotopic (exact) mass is 490 g/mol. The molecule has 2 N–H and O–H groups in total. The Kier molecular flexibility index (Phi) is 9.47. The highest BCUT2D eigenvalue weighted by atomic mass is 127. The first-order valence-electron chi connectivity index (χ1n) is 8.41. The lowest BCUT2D eigenvalue weighted by Crippen LogP contribution is -2.45. The molecule has 0 aromatic carbocycles. The molecule has 0 spiro atoms. The van der Waals surface area contributed by atoms with Crippen LogP contribution in [0.5, 0.6) is 0 Å². The van der Waals surface area contributed by atoms with Crippen molar-refractivity contribution >= 4 is 41.3 Å². The number of guanidine groups is 1. The standard InChI is InChI=1S/C16H25F3N4S.HI/c1-3-20-15(21-9-8-14-22-10-11(2)24-14)23-13-6-4-12(5-7-13)16(17,18)19;/h10,12-13H,3-9H2,1-2H3,(H2,20,21,23);1H. The van der Waals surface area contributed by atoms with E-state index in [2.05, 4.69) is 20.6 Å². The van der Waals surface area contributed by atoms with Gasteiger partial charge in [-0.05, 0) is 39.5 Å². The second-order valence-electron chi connectivity index (χ2n) is 6.11. The van der Waals surface area contributed by atoms with Crippen molar-refractivity contribution in [1.29, 1.82) is 0 Å². The van der Waals surface area contributed by atoms with E-state index in [0.717, 1.165) is 18.0 Å². The van der Waals surface area contributed by atoms with Crippen LogP contribution in [0.4, 0.5) is 13.2 Å². The Hall–Kier alpha value is -0.580. The summed E-state index contributed by atoms with van der Waals surface area (Å²) in [6.45, 7) is 5.33. The number of aryl methyl sites for hydroxylation is 1. The second-order valence-corrected chi connectivity index (χ2v) is 7.43. The van der Waals surface area contributed by atoms with Gasteiger partial charge in [0.25, 0.3) is 0 Å².